The maximum absolute atomic E-state index is 5.85. The molecule has 0 saturated heterocycles. The van der Waals surface area contributed by atoms with Gasteiger partial charge in [-0.25, -0.2) is 9.97 Å². The lowest BCUT2D eigenvalue weighted by Crippen LogP contribution is -1.92. The number of hydrogen-bond acceptors (Lipinski definition) is 4. The number of aromatic nitrogens is 4. The van der Waals surface area contributed by atoms with Gasteiger partial charge in [-0.2, -0.15) is 5.10 Å². The van der Waals surface area contributed by atoms with Crippen LogP contribution in [0.25, 0.3) is 11.0 Å². The molecule has 0 aliphatic heterocycles. The van der Waals surface area contributed by atoms with E-state index in [4.69, 9.17) is 5.73 Å². The van der Waals surface area contributed by atoms with Crippen LogP contribution < -0.4 is 5.73 Å². The van der Waals surface area contributed by atoms with E-state index in [0.717, 1.165) is 11.1 Å². The number of nitrogen functional groups attached to an aromatic ring is 1. The van der Waals surface area contributed by atoms with Crippen molar-refractivity contribution in [3.63, 3.8) is 0 Å². The van der Waals surface area contributed by atoms with Crippen LogP contribution in [0.2, 0.25) is 0 Å². The van der Waals surface area contributed by atoms with Crippen molar-refractivity contribution in [1.29, 1.82) is 0 Å². The quantitative estimate of drug-likeness (QED) is 0.607. The molecule has 1 aromatic carbocycles. The van der Waals surface area contributed by atoms with Crippen molar-refractivity contribution in [2.45, 2.75) is 13.8 Å². The van der Waals surface area contributed by atoms with Crippen molar-refractivity contribution in [3.8, 4) is 11.8 Å². The summed E-state index contributed by atoms with van der Waals surface area (Å²) in [5, 5.41) is 7.60. The van der Waals surface area contributed by atoms with Crippen LogP contribution in [0.5, 0.6) is 0 Å². The number of nitrogens with two attached hydrogens (primary N) is 1. The smallest absolute Gasteiger partial charge is 0.187 e. The van der Waals surface area contributed by atoms with E-state index in [1.165, 1.54) is 11.9 Å². The van der Waals surface area contributed by atoms with E-state index in [1.807, 2.05) is 13.8 Å². The molecule has 3 aromatic rings. The molecule has 2 heterocycles. The van der Waals surface area contributed by atoms with E-state index in [1.54, 1.807) is 0 Å². The molecule has 5 heteroatoms. The molecule has 2 aromatic heterocycles. The molecule has 20 heavy (non-hydrogen) atoms. The van der Waals surface area contributed by atoms with Crippen molar-refractivity contribution < 1.29 is 0 Å². The van der Waals surface area contributed by atoms with Gasteiger partial charge in [0.05, 0.1) is 5.39 Å². The predicted octanol–water partition coefficient (Wildman–Crippen LogP) is 1.95. The Morgan fingerprint density at radius 1 is 1.15 bits per heavy atom. The molecule has 0 unspecified atom stereocenters. The first kappa shape index (κ1) is 12.2. The molecule has 98 valence electrons. The molecule has 3 rings (SSSR count). The number of fused-ring (bicyclic) bond motifs is 1. The van der Waals surface area contributed by atoms with Gasteiger partial charge < -0.3 is 5.73 Å². The van der Waals surface area contributed by atoms with Gasteiger partial charge in [0.1, 0.15) is 17.8 Å². The zero-order valence-corrected chi connectivity index (χ0v) is 11.2. The molecule has 0 aliphatic carbocycles. The van der Waals surface area contributed by atoms with Crippen LogP contribution in [0.3, 0.4) is 0 Å². The summed E-state index contributed by atoms with van der Waals surface area (Å²) in [5.41, 5.74) is 10.3. The number of hydrogen-bond donors (Lipinski definition) is 2. The molecule has 3 N–H and O–H groups in total. The topological polar surface area (TPSA) is 80.5 Å². The van der Waals surface area contributed by atoms with Gasteiger partial charge in [0.15, 0.2) is 5.65 Å². The Morgan fingerprint density at radius 2 is 2.00 bits per heavy atom. The summed E-state index contributed by atoms with van der Waals surface area (Å²) in [7, 11) is 0. The average molecular weight is 263 g/mol. The third-order valence-corrected chi connectivity index (χ3v) is 3.10. The lowest BCUT2D eigenvalue weighted by Gasteiger charge is -1.98. The van der Waals surface area contributed by atoms with E-state index in [-0.39, 0.29) is 0 Å². The Kier molecular flexibility index (Phi) is 2.84. The number of aromatic amines is 1. The lowest BCUT2D eigenvalue weighted by atomic mass is 10.1. The molecular weight excluding hydrogens is 250 g/mol. The Labute approximate surface area is 116 Å². The number of anilines is 1. The lowest BCUT2D eigenvalue weighted by molar-refractivity contribution is 1.08. The molecule has 0 fully saturated rings. The second kappa shape index (κ2) is 4.67. The first-order valence-corrected chi connectivity index (χ1v) is 6.19. The number of rotatable bonds is 0. The fraction of sp³-hybridized carbons (Fsp3) is 0.133. The first-order chi connectivity index (χ1) is 9.65. The number of benzene rings is 1. The number of H-pyrrole nitrogens is 1. The van der Waals surface area contributed by atoms with Gasteiger partial charge in [-0.3, -0.25) is 5.10 Å². The van der Waals surface area contributed by atoms with Crippen LogP contribution in [0.4, 0.5) is 5.82 Å². The van der Waals surface area contributed by atoms with E-state index in [0.29, 0.717) is 22.5 Å². The molecule has 0 radical (unpaired) electrons. The molecular formula is C15H13N5. The van der Waals surface area contributed by atoms with Gasteiger partial charge in [0.2, 0.25) is 0 Å². The van der Waals surface area contributed by atoms with Crippen molar-refractivity contribution in [2.24, 2.45) is 0 Å². The largest absolute Gasteiger partial charge is 0.383 e. The molecule has 0 saturated carbocycles. The molecule has 0 bridgehead atoms. The molecule has 0 aliphatic rings. The van der Waals surface area contributed by atoms with Crippen molar-refractivity contribution in [1.82, 2.24) is 20.2 Å². The SMILES string of the molecule is Cc1ccc(C)c(C#Cc2[nH]nc3ncnc(N)c23)c1. The highest BCUT2D eigenvalue weighted by Gasteiger charge is 2.08. The maximum Gasteiger partial charge on any atom is 0.187 e. The minimum atomic E-state index is 0.383. The molecule has 0 amide bonds. The summed E-state index contributed by atoms with van der Waals surface area (Å²) in [5.74, 6) is 6.59. The van der Waals surface area contributed by atoms with Crippen LogP contribution in [-0.2, 0) is 0 Å². The Balaban J connectivity index is 2.11. The maximum atomic E-state index is 5.85. The number of nitrogens with zero attached hydrogens (tertiary/aromatic N) is 3. The zero-order valence-electron chi connectivity index (χ0n) is 11.2. The highest BCUT2D eigenvalue weighted by Crippen LogP contribution is 2.18. The van der Waals surface area contributed by atoms with Crippen molar-refractivity contribution in [3.05, 3.63) is 46.9 Å². The Morgan fingerprint density at radius 3 is 2.85 bits per heavy atom. The van der Waals surface area contributed by atoms with Crippen LogP contribution in [0.1, 0.15) is 22.4 Å². The number of aryl methyl sites for hydroxylation is 2. The Hall–Kier alpha value is -2.87. The summed E-state index contributed by atoms with van der Waals surface area (Å²) < 4.78 is 0. The highest BCUT2D eigenvalue weighted by atomic mass is 15.2. The van der Waals surface area contributed by atoms with Crippen molar-refractivity contribution >= 4 is 16.9 Å². The summed E-state index contributed by atoms with van der Waals surface area (Å²) >= 11 is 0. The first-order valence-electron chi connectivity index (χ1n) is 6.19. The van der Waals surface area contributed by atoms with Crippen molar-refractivity contribution in [2.75, 3.05) is 5.73 Å². The van der Waals surface area contributed by atoms with E-state index in [2.05, 4.69) is 50.2 Å². The van der Waals surface area contributed by atoms with Gasteiger partial charge in [-0.15, -0.1) is 0 Å². The summed E-state index contributed by atoms with van der Waals surface area (Å²) in [6, 6.07) is 6.18. The monoisotopic (exact) mass is 263 g/mol. The minimum Gasteiger partial charge on any atom is -0.383 e. The van der Waals surface area contributed by atoms with Crippen LogP contribution in [-0.4, -0.2) is 20.2 Å². The molecule has 5 nitrogen and oxygen atoms in total. The summed E-state index contributed by atoms with van der Waals surface area (Å²) in [6.07, 6.45) is 1.39. The van der Waals surface area contributed by atoms with E-state index in [9.17, 15) is 0 Å². The van der Waals surface area contributed by atoms with Crippen LogP contribution >= 0.6 is 0 Å². The van der Waals surface area contributed by atoms with Gasteiger partial charge >= 0.3 is 0 Å². The van der Waals surface area contributed by atoms with Gasteiger partial charge in [0, 0.05) is 5.56 Å². The highest BCUT2D eigenvalue weighted by molar-refractivity contribution is 5.89. The third kappa shape index (κ3) is 2.08. The third-order valence-electron chi connectivity index (χ3n) is 3.10. The fourth-order valence-corrected chi connectivity index (χ4v) is 1.97. The molecule has 0 spiro atoms. The summed E-state index contributed by atoms with van der Waals surface area (Å²) in [4.78, 5) is 8.01. The van der Waals surface area contributed by atoms with E-state index < -0.39 is 0 Å². The number of nitrogens with one attached hydrogen (secondary N) is 1. The second-order valence-electron chi connectivity index (χ2n) is 4.62. The summed E-state index contributed by atoms with van der Waals surface area (Å²) in [6.45, 7) is 4.08. The van der Waals surface area contributed by atoms with Crippen LogP contribution in [0, 0.1) is 25.7 Å². The Bertz CT molecular complexity index is 852. The fourth-order valence-electron chi connectivity index (χ4n) is 1.97. The van der Waals surface area contributed by atoms with Gasteiger partial charge in [-0.05, 0) is 37.0 Å². The minimum absolute atomic E-state index is 0.383. The second-order valence-corrected chi connectivity index (χ2v) is 4.62. The normalized spacial score (nSPS) is 10.3. The van der Waals surface area contributed by atoms with Gasteiger partial charge in [0.25, 0.3) is 0 Å². The predicted molar refractivity (Wildman–Crippen MR) is 78.0 cm³/mol. The standard InChI is InChI=1S/C15H13N5/c1-9-3-4-10(2)11(7-9)5-6-12-13-14(16)17-8-18-15(13)20-19-12/h3-4,7-8H,1-2H3,(H3,16,17,18,19,20). The van der Waals surface area contributed by atoms with E-state index >= 15 is 0 Å². The average Bonchev–Trinajstić information content (AvgIpc) is 2.84. The van der Waals surface area contributed by atoms with Gasteiger partial charge in [-0.1, -0.05) is 18.1 Å². The van der Waals surface area contributed by atoms with Crippen LogP contribution in [0.15, 0.2) is 24.5 Å². The molecule has 0 atom stereocenters. The zero-order chi connectivity index (χ0) is 14.1.